The second kappa shape index (κ2) is 10.9. The number of carbonyl (C=O) groups is 1. The number of aromatic nitrogens is 2. The number of carbonyl (C=O) groups excluding carboxylic acids is 1. The molecule has 1 heterocycles. The minimum atomic E-state index is -1.06. The van der Waals surface area contributed by atoms with Gasteiger partial charge in [-0.1, -0.05) is 36.7 Å². The third-order valence-corrected chi connectivity index (χ3v) is 6.04. The molecule has 1 atom stereocenters. The van der Waals surface area contributed by atoms with Crippen molar-refractivity contribution < 1.29 is 19.2 Å². The Bertz CT molecular complexity index is 1430. The average Bonchev–Trinajstić information content (AvgIpc) is 2.79. The highest BCUT2D eigenvalue weighted by atomic mass is 79.9. The van der Waals surface area contributed by atoms with Crippen molar-refractivity contribution in [1.29, 1.82) is 0 Å². The van der Waals surface area contributed by atoms with Crippen molar-refractivity contribution in [2.45, 2.75) is 46.1 Å². The highest BCUT2D eigenvalue weighted by Crippen LogP contribution is 2.37. The fourth-order valence-corrected chi connectivity index (χ4v) is 4.20. The van der Waals surface area contributed by atoms with Gasteiger partial charge in [0, 0.05) is 21.5 Å². The van der Waals surface area contributed by atoms with Crippen LogP contribution in [-0.2, 0) is 14.9 Å². The maximum atomic E-state index is 13.3. The van der Waals surface area contributed by atoms with E-state index < -0.39 is 22.4 Å². The van der Waals surface area contributed by atoms with Crippen molar-refractivity contribution in [1.82, 2.24) is 9.66 Å². The number of nitro groups is 1. The maximum Gasteiger partial charge on any atom is 0.347 e. The molecule has 3 aromatic rings. The molecule has 1 aromatic heterocycles. The predicted octanol–water partition coefficient (Wildman–Crippen LogP) is 5.34. The molecule has 0 fully saturated rings. The zero-order valence-electron chi connectivity index (χ0n) is 20.2. The van der Waals surface area contributed by atoms with E-state index in [-0.39, 0.29) is 28.1 Å². The lowest BCUT2D eigenvalue weighted by atomic mass is 9.95. The Balaban J connectivity index is 2.10. The van der Waals surface area contributed by atoms with Crippen LogP contribution in [0.15, 0.2) is 49.2 Å². The Morgan fingerprint density at radius 3 is 2.58 bits per heavy atom. The van der Waals surface area contributed by atoms with E-state index in [1.54, 1.807) is 25.1 Å². The van der Waals surface area contributed by atoms with Gasteiger partial charge in [-0.15, -0.1) is 0 Å². The molecule has 190 valence electrons. The summed E-state index contributed by atoms with van der Waals surface area (Å²) in [7, 11) is 0. The van der Waals surface area contributed by atoms with Gasteiger partial charge in [0.15, 0.2) is 6.10 Å². The molecular weight excluding hydrogens is 600 g/mol. The molecule has 36 heavy (non-hydrogen) atoms. The Morgan fingerprint density at radius 2 is 1.97 bits per heavy atom. The number of halogens is 2. The van der Waals surface area contributed by atoms with E-state index in [0.717, 1.165) is 4.47 Å². The Labute approximate surface area is 223 Å². The second-order valence-electron chi connectivity index (χ2n) is 8.83. The van der Waals surface area contributed by atoms with Crippen LogP contribution >= 0.6 is 31.9 Å². The zero-order chi connectivity index (χ0) is 26.8. The van der Waals surface area contributed by atoms with E-state index in [1.807, 2.05) is 20.8 Å². The minimum Gasteiger partial charge on any atom is -0.471 e. The first-order valence-corrected chi connectivity index (χ1v) is 12.5. The standard InChI is InChI=1S/C24H24Br2N4O6/c1-6-35-22(32)13(2)36-20-17(26)9-14(10-19(20)30(33)34)12-27-29-21(31)16-11-15(25)7-8-18(16)28-23(29)24(3,4)5/h7-13H,6H2,1-5H3/t13-/m0/s1. The molecule has 0 bridgehead atoms. The smallest absolute Gasteiger partial charge is 0.347 e. The van der Waals surface area contributed by atoms with E-state index in [1.165, 1.54) is 29.9 Å². The Hall–Kier alpha value is -3.12. The summed E-state index contributed by atoms with van der Waals surface area (Å²) in [5, 5.41) is 16.5. The van der Waals surface area contributed by atoms with E-state index in [4.69, 9.17) is 9.47 Å². The molecule has 0 N–H and O–H groups in total. The summed E-state index contributed by atoms with van der Waals surface area (Å²) in [6.07, 6.45) is 0.272. The van der Waals surface area contributed by atoms with Gasteiger partial charge in [0.2, 0.25) is 5.75 Å². The van der Waals surface area contributed by atoms with Crippen LogP contribution in [0.2, 0.25) is 0 Å². The van der Waals surface area contributed by atoms with Crippen molar-refractivity contribution >= 4 is 60.6 Å². The van der Waals surface area contributed by atoms with Gasteiger partial charge in [-0.25, -0.2) is 9.78 Å². The summed E-state index contributed by atoms with van der Waals surface area (Å²) in [6.45, 7) is 8.96. The molecule has 0 aliphatic carbocycles. The van der Waals surface area contributed by atoms with E-state index in [2.05, 4.69) is 41.9 Å². The molecule has 0 saturated heterocycles. The molecule has 0 spiro atoms. The molecule has 0 aliphatic rings. The van der Waals surface area contributed by atoms with Crippen LogP contribution in [0.4, 0.5) is 5.69 Å². The first-order chi connectivity index (χ1) is 16.8. The SMILES string of the molecule is CCOC(=O)[C@H](C)Oc1c(Br)cc(C=Nn2c(C(C)(C)C)nc3ccc(Br)cc3c2=O)cc1[N+](=O)[O-]. The number of benzene rings is 2. The van der Waals surface area contributed by atoms with Crippen molar-refractivity contribution in [3.63, 3.8) is 0 Å². The highest BCUT2D eigenvalue weighted by Gasteiger charge is 2.26. The predicted molar refractivity (Wildman–Crippen MR) is 143 cm³/mol. The van der Waals surface area contributed by atoms with Gasteiger partial charge in [0.25, 0.3) is 5.56 Å². The van der Waals surface area contributed by atoms with Crippen molar-refractivity contribution in [3.05, 3.63) is 71.1 Å². The van der Waals surface area contributed by atoms with Gasteiger partial charge in [0.05, 0.1) is 33.1 Å². The Morgan fingerprint density at radius 1 is 1.28 bits per heavy atom. The summed E-state index contributed by atoms with van der Waals surface area (Å²) < 4.78 is 12.6. The molecule has 0 aliphatic heterocycles. The third-order valence-electron chi connectivity index (χ3n) is 4.96. The van der Waals surface area contributed by atoms with Gasteiger partial charge in [-0.05, 0) is 54.0 Å². The molecule has 0 saturated carbocycles. The van der Waals surface area contributed by atoms with Crippen LogP contribution < -0.4 is 10.3 Å². The van der Waals surface area contributed by atoms with Crippen molar-refractivity contribution in [3.8, 4) is 5.75 Å². The number of hydrogen-bond donors (Lipinski definition) is 0. The topological polar surface area (TPSA) is 126 Å². The normalized spacial score (nSPS) is 12.6. The van der Waals surface area contributed by atoms with Gasteiger partial charge in [-0.2, -0.15) is 9.78 Å². The van der Waals surface area contributed by atoms with E-state index in [9.17, 15) is 19.7 Å². The molecule has 2 aromatic carbocycles. The number of rotatable bonds is 7. The average molecular weight is 624 g/mol. The molecule has 12 heteroatoms. The number of nitro benzene ring substituents is 1. The highest BCUT2D eigenvalue weighted by molar-refractivity contribution is 9.10. The number of nitrogens with zero attached hydrogens (tertiary/aromatic N) is 4. The largest absolute Gasteiger partial charge is 0.471 e. The zero-order valence-corrected chi connectivity index (χ0v) is 23.4. The number of esters is 1. The summed E-state index contributed by atoms with van der Waals surface area (Å²) in [5.41, 5.74) is -0.420. The van der Waals surface area contributed by atoms with Crippen molar-refractivity contribution in [2.75, 3.05) is 6.61 Å². The van der Waals surface area contributed by atoms with Gasteiger partial charge < -0.3 is 9.47 Å². The quantitative estimate of drug-likeness (QED) is 0.150. The molecule has 0 radical (unpaired) electrons. The van der Waals surface area contributed by atoms with Crippen LogP contribution in [-0.4, -0.2) is 39.5 Å². The monoisotopic (exact) mass is 622 g/mol. The lowest BCUT2D eigenvalue weighted by Gasteiger charge is -2.20. The lowest BCUT2D eigenvalue weighted by molar-refractivity contribution is -0.386. The van der Waals surface area contributed by atoms with Gasteiger partial charge >= 0.3 is 11.7 Å². The van der Waals surface area contributed by atoms with Crippen LogP contribution in [0.3, 0.4) is 0 Å². The third kappa shape index (κ3) is 5.98. The molecule has 10 nitrogen and oxygen atoms in total. The fraction of sp³-hybridized carbons (Fsp3) is 0.333. The fourth-order valence-electron chi connectivity index (χ4n) is 3.28. The maximum absolute atomic E-state index is 13.3. The van der Waals surface area contributed by atoms with Gasteiger partial charge in [0.1, 0.15) is 5.82 Å². The van der Waals surface area contributed by atoms with Crippen LogP contribution in [0.25, 0.3) is 10.9 Å². The lowest BCUT2D eigenvalue weighted by Crippen LogP contribution is -2.29. The number of fused-ring (bicyclic) bond motifs is 1. The molecule has 3 rings (SSSR count). The van der Waals surface area contributed by atoms with Crippen LogP contribution in [0, 0.1) is 10.1 Å². The summed E-state index contributed by atoms with van der Waals surface area (Å²) in [4.78, 5) is 41.0. The van der Waals surface area contributed by atoms with E-state index >= 15 is 0 Å². The Kier molecular flexibility index (Phi) is 8.29. The van der Waals surface area contributed by atoms with Gasteiger partial charge in [-0.3, -0.25) is 14.9 Å². The van der Waals surface area contributed by atoms with E-state index in [0.29, 0.717) is 22.3 Å². The van der Waals surface area contributed by atoms with Crippen LogP contribution in [0.1, 0.15) is 46.0 Å². The second-order valence-corrected chi connectivity index (χ2v) is 10.6. The first-order valence-electron chi connectivity index (χ1n) is 10.9. The first kappa shape index (κ1) is 27.5. The molecule has 0 unspecified atom stereocenters. The summed E-state index contributed by atoms with van der Waals surface area (Å²) in [5.74, 6) is -0.341. The number of hydrogen-bond acceptors (Lipinski definition) is 8. The summed E-state index contributed by atoms with van der Waals surface area (Å²) >= 11 is 6.65. The van der Waals surface area contributed by atoms with Crippen molar-refractivity contribution in [2.24, 2.45) is 5.10 Å². The molecular formula is C24H24Br2N4O6. The molecule has 0 amide bonds. The van der Waals surface area contributed by atoms with Crippen LogP contribution in [0.5, 0.6) is 5.75 Å². The minimum absolute atomic E-state index is 0.123. The number of ether oxygens (including phenoxy) is 2. The summed E-state index contributed by atoms with van der Waals surface area (Å²) in [6, 6.07) is 8.00.